The molecule has 2 aromatic carbocycles. The number of nitrogens with zero attached hydrogens (tertiary/aromatic N) is 5. The zero-order chi connectivity index (χ0) is 23.4. The van der Waals surface area contributed by atoms with Gasteiger partial charge in [-0.3, -0.25) is 4.57 Å². The first kappa shape index (κ1) is 20.8. The molecular weight excluding hydrogens is 427 g/mol. The molecule has 34 heavy (non-hydrogen) atoms. The van der Waals surface area contributed by atoms with E-state index in [1.54, 1.807) is 6.07 Å². The predicted molar refractivity (Wildman–Crippen MR) is 130 cm³/mol. The van der Waals surface area contributed by atoms with Crippen molar-refractivity contribution in [2.45, 2.75) is 50.7 Å². The van der Waals surface area contributed by atoms with Gasteiger partial charge in [0.1, 0.15) is 23.2 Å². The number of hydrogen-bond acceptors (Lipinski definition) is 5. The minimum Gasteiger partial charge on any atom is -0.364 e. The Hall–Kier alpha value is -3.76. The van der Waals surface area contributed by atoms with Crippen molar-refractivity contribution in [2.75, 3.05) is 4.90 Å². The molecule has 6 rings (SSSR count). The second kappa shape index (κ2) is 7.93. The Morgan fingerprint density at radius 3 is 2.47 bits per heavy atom. The van der Waals surface area contributed by atoms with Crippen molar-refractivity contribution in [1.29, 1.82) is 5.26 Å². The van der Waals surface area contributed by atoms with Gasteiger partial charge in [-0.25, -0.2) is 14.4 Å². The highest BCUT2D eigenvalue weighted by atomic mass is 19.1. The summed E-state index contributed by atoms with van der Waals surface area (Å²) in [6, 6.07) is 17.8. The van der Waals surface area contributed by atoms with Crippen molar-refractivity contribution in [3.8, 4) is 23.1 Å². The van der Waals surface area contributed by atoms with E-state index in [4.69, 9.17) is 15.7 Å². The number of aromatic nitrogens is 3. The molecule has 2 atom stereocenters. The van der Waals surface area contributed by atoms with Crippen LogP contribution < -0.4 is 10.6 Å². The number of pyridine rings is 1. The predicted octanol–water partition coefficient (Wildman–Crippen LogP) is 4.87. The number of halogens is 1. The second-order valence-electron chi connectivity index (χ2n) is 9.44. The van der Waals surface area contributed by atoms with Crippen LogP contribution in [0.1, 0.15) is 36.8 Å². The number of fused-ring (bicyclic) bond motifs is 3. The van der Waals surface area contributed by atoms with Gasteiger partial charge in [0.15, 0.2) is 5.65 Å². The van der Waals surface area contributed by atoms with E-state index in [0.717, 1.165) is 53.8 Å². The van der Waals surface area contributed by atoms with Crippen molar-refractivity contribution in [1.82, 2.24) is 14.5 Å². The molecule has 0 amide bonds. The third kappa shape index (κ3) is 3.25. The van der Waals surface area contributed by atoms with Crippen LogP contribution in [-0.2, 0) is 0 Å². The molecule has 4 aromatic rings. The fraction of sp³-hybridized carbons (Fsp3) is 0.296. The van der Waals surface area contributed by atoms with Gasteiger partial charge in [-0.05, 0) is 69.0 Å². The van der Waals surface area contributed by atoms with Crippen LogP contribution in [0.25, 0.3) is 28.2 Å². The molecule has 7 heteroatoms. The summed E-state index contributed by atoms with van der Waals surface area (Å²) >= 11 is 0. The smallest absolute Gasteiger partial charge is 0.167 e. The fourth-order valence-electron chi connectivity index (χ4n) is 5.66. The van der Waals surface area contributed by atoms with Gasteiger partial charge in [0.05, 0.1) is 11.3 Å². The Bertz CT molecular complexity index is 1420. The number of aryl methyl sites for hydroxylation is 1. The van der Waals surface area contributed by atoms with E-state index in [2.05, 4.69) is 4.90 Å². The summed E-state index contributed by atoms with van der Waals surface area (Å²) in [5, 5.41) is 9.17. The molecule has 4 heterocycles. The molecule has 2 fully saturated rings. The number of nitriles is 1. The van der Waals surface area contributed by atoms with Gasteiger partial charge in [-0.2, -0.15) is 5.26 Å². The summed E-state index contributed by atoms with van der Waals surface area (Å²) in [5.74, 6) is 0.0435. The van der Waals surface area contributed by atoms with Crippen LogP contribution >= 0.6 is 0 Å². The SMILES string of the molecule is Cc1ccc(-n2c(-c3ccc(C#N)c(F)c3)nc3c(N4C5CCC4CC(N)C5)ccnc32)cc1. The highest BCUT2D eigenvalue weighted by molar-refractivity contribution is 5.91. The molecule has 170 valence electrons. The van der Waals surface area contributed by atoms with Crippen LogP contribution in [0.15, 0.2) is 54.7 Å². The average molecular weight is 453 g/mol. The lowest BCUT2D eigenvalue weighted by molar-refractivity contribution is 0.415. The Kier molecular flexibility index (Phi) is 4.85. The number of hydrogen-bond donors (Lipinski definition) is 1. The molecule has 0 spiro atoms. The van der Waals surface area contributed by atoms with Crippen molar-refractivity contribution < 1.29 is 4.39 Å². The molecule has 2 saturated heterocycles. The summed E-state index contributed by atoms with van der Waals surface area (Å²) in [6.07, 6.45) is 6.06. The highest BCUT2D eigenvalue weighted by Gasteiger charge is 2.40. The first-order valence-electron chi connectivity index (χ1n) is 11.7. The maximum atomic E-state index is 14.6. The highest BCUT2D eigenvalue weighted by Crippen LogP contribution is 2.42. The summed E-state index contributed by atoms with van der Waals surface area (Å²) < 4.78 is 16.6. The number of piperidine rings is 1. The Morgan fingerprint density at radius 1 is 1.06 bits per heavy atom. The van der Waals surface area contributed by atoms with Crippen molar-refractivity contribution in [3.63, 3.8) is 0 Å². The van der Waals surface area contributed by atoms with E-state index < -0.39 is 5.82 Å². The van der Waals surface area contributed by atoms with Gasteiger partial charge in [0.25, 0.3) is 0 Å². The van der Waals surface area contributed by atoms with Gasteiger partial charge in [-0.1, -0.05) is 17.7 Å². The Balaban J connectivity index is 1.59. The standard InChI is InChI=1S/C27H25FN6/c1-16-2-6-20(7-3-16)34-26(17-4-5-18(15-29)23(28)12-17)32-25-24(10-11-31-27(25)34)33-21-8-9-22(33)14-19(30)13-21/h2-7,10-12,19,21-22H,8-9,13-14,30H2,1H3. The summed E-state index contributed by atoms with van der Waals surface area (Å²) in [7, 11) is 0. The minimum atomic E-state index is -0.557. The topological polar surface area (TPSA) is 83.8 Å². The Morgan fingerprint density at radius 2 is 1.79 bits per heavy atom. The van der Waals surface area contributed by atoms with Gasteiger partial charge in [-0.15, -0.1) is 0 Å². The van der Waals surface area contributed by atoms with Crippen molar-refractivity contribution in [2.24, 2.45) is 5.73 Å². The van der Waals surface area contributed by atoms with Gasteiger partial charge in [0.2, 0.25) is 0 Å². The summed E-state index contributed by atoms with van der Waals surface area (Å²) in [6.45, 7) is 2.04. The third-order valence-corrected chi connectivity index (χ3v) is 7.21. The van der Waals surface area contributed by atoms with Gasteiger partial charge < -0.3 is 10.6 Å². The molecule has 2 bridgehead atoms. The van der Waals surface area contributed by atoms with E-state index in [0.29, 0.717) is 23.5 Å². The lowest BCUT2D eigenvalue weighted by Gasteiger charge is -2.39. The summed E-state index contributed by atoms with van der Waals surface area (Å²) in [4.78, 5) is 12.3. The molecule has 6 nitrogen and oxygen atoms in total. The Labute approximate surface area is 197 Å². The molecule has 2 unspecified atom stereocenters. The van der Waals surface area contributed by atoms with Crippen LogP contribution in [0.4, 0.5) is 10.1 Å². The second-order valence-corrected chi connectivity index (χ2v) is 9.44. The van der Waals surface area contributed by atoms with Crippen LogP contribution in [0.5, 0.6) is 0 Å². The molecule has 2 N–H and O–H groups in total. The number of anilines is 1. The molecule has 2 aromatic heterocycles. The molecular formula is C27H25FN6. The maximum absolute atomic E-state index is 14.6. The van der Waals surface area contributed by atoms with Gasteiger partial charge >= 0.3 is 0 Å². The minimum absolute atomic E-state index is 0.0155. The van der Waals surface area contributed by atoms with Crippen LogP contribution in [0.3, 0.4) is 0 Å². The number of imidazole rings is 1. The van der Waals surface area contributed by atoms with E-state index in [1.807, 2.05) is 54.1 Å². The van der Waals surface area contributed by atoms with E-state index >= 15 is 0 Å². The third-order valence-electron chi connectivity index (χ3n) is 7.21. The normalized spacial score (nSPS) is 21.7. The first-order valence-corrected chi connectivity index (χ1v) is 11.7. The van der Waals surface area contributed by atoms with Crippen molar-refractivity contribution in [3.05, 3.63) is 71.7 Å². The van der Waals surface area contributed by atoms with Crippen LogP contribution in [0.2, 0.25) is 0 Å². The summed E-state index contributed by atoms with van der Waals surface area (Å²) in [5.41, 5.74) is 11.6. The zero-order valence-electron chi connectivity index (χ0n) is 18.9. The fourth-order valence-corrected chi connectivity index (χ4v) is 5.66. The first-order chi connectivity index (χ1) is 16.5. The largest absolute Gasteiger partial charge is 0.364 e. The van der Waals surface area contributed by atoms with E-state index in [1.165, 1.54) is 12.1 Å². The van der Waals surface area contributed by atoms with Crippen molar-refractivity contribution >= 4 is 16.9 Å². The maximum Gasteiger partial charge on any atom is 0.167 e. The quantitative estimate of drug-likeness (QED) is 0.480. The zero-order valence-corrected chi connectivity index (χ0v) is 18.9. The van der Waals surface area contributed by atoms with E-state index in [-0.39, 0.29) is 11.6 Å². The van der Waals surface area contributed by atoms with Crippen LogP contribution in [-0.4, -0.2) is 32.7 Å². The van der Waals surface area contributed by atoms with Crippen LogP contribution in [0, 0.1) is 24.1 Å². The number of benzene rings is 2. The monoisotopic (exact) mass is 452 g/mol. The number of rotatable bonds is 3. The molecule has 2 aliphatic heterocycles. The number of nitrogens with two attached hydrogens (primary N) is 1. The molecule has 0 aliphatic carbocycles. The lowest BCUT2D eigenvalue weighted by Crippen LogP contribution is -2.47. The average Bonchev–Trinajstić information content (AvgIpc) is 3.35. The molecule has 2 aliphatic rings. The molecule has 0 saturated carbocycles. The molecule has 0 radical (unpaired) electrons. The van der Waals surface area contributed by atoms with Gasteiger partial charge in [0, 0.05) is 35.6 Å². The van der Waals surface area contributed by atoms with E-state index in [9.17, 15) is 9.65 Å². The lowest BCUT2D eigenvalue weighted by atomic mass is 9.97.